The minimum Gasteiger partial charge on any atom is -0.406 e. The van der Waals surface area contributed by atoms with E-state index in [4.69, 9.17) is 0 Å². The molecule has 0 heterocycles. The number of anilines is 2. The van der Waals surface area contributed by atoms with Gasteiger partial charge in [-0.15, -0.1) is 13.2 Å². The highest BCUT2D eigenvalue weighted by Gasteiger charge is 2.31. The lowest BCUT2D eigenvalue weighted by Crippen LogP contribution is -2.17. The normalized spacial score (nSPS) is 11.7. The van der Waals surface area contributed by atoms with Crippen molar-refractivity contribution in [2.24, 2.45) is 0 Å². The molecule has 0 aliphatic rings. The van der Waals surface area contributed by atoms with Crippen molar-refractivity contribution in [3.63, 3.8) is 0 Å². The van der Waals surface area contributed by atoms with Gasteiger partial charge in [0.1, 0.15) is 5.75 Å². The molecule has 2 rings (SSSR count). The van der Waals surface area contributed by atoms with Crippen LogP contribution in [0.1, 0.15) is 6.92 Å². The Morgan fingerprint density at radius 1 is 0.960 bits per heavy atom. The van der Waals surface area contributed by atoms with Gasteiger partial charge in [-0.2, -0.15) is 0 Å². The second-order valence-electron chi connectivity index (χ2n) is 4.88. The van der Waals surface area contributed by atoms with Gasteiger partial charge in [-0.05, 0) is 48.5 Å². The summed E-state index contributed by atoms with van der Waals surface area (Å²) in [6.45, 7) is 1.34. The summed E-state index contributed by atoms with van der Waals surface area (Å²) in [5.41, 5.74) is 0.717. The first-order valence-electron chi connectivity index (χ1n) is 6.81. The second-order valence-corrected chi connectivity index (χ2v) is 6.57. The van der Waals surface area contributed by atoms with Crippen molar-refractivity contribution in [3.8, 4) is 5.75 Å². The van der Waals surface area contributed by atoms with Gasteiger partial charge >= 0.3 is 6.36 Å². The molecule has 0 atom stereocenters. The summed E-state index contributed by atoms with van der Waals surface area (Å²) >= 11 is 0. The van der Waals surface area contributed by atoms with Crippen molar-refractivity contribution in [2.75, 3.05) is 10.0 Å². The molecule has 0 aliphatic carbocycles. The lowest BCUT2D eigenvalue weighted by atomic mass is 10.3. The molecule has 6 nitrogen and oxygen atoms in total. The zero-order chi connectivity index (χ0) is 18.7. The van der Waals surface area contributed by atoms with Crippen LogP contribution in [0.4, 0.5) is 24.5 Å². The van der Waals surface area contributed by atoms with Crippen molar-refractivity contribution in [2.45, 2.75) is 18.2 Å². The Morgan fingerprint density at radius 2 is 1.48 bits per heavy atom. The number of halogens is 3. The van der Waals surface area contributed by atoms with E-state index in [1.165, 1.54) is 31.2 Å². The molecule has 1 amide bonds. The molecule has 0 aliphatic heterocycles. The molecule has 2 aromatic rings. The molecule has 10 heteroatoms. The van der Waals surface area contributed by atoms with Gasteiger partial charge in [0.2, 0.25) is 5.91 Å². The maximum atomic E-state index is 12.2. The summed E-state index contributed by atoms with van der Waals surface area (Å²) in [6, 6.07) is 9.67. The van der Waals surface area contributed by atoms with Gasteiger partial charge in [-0.3, -0.25) is 9.52 Å². The molecular formula is C15H13F3N2O4S. The predicted molar refractivity (Wildman–Crippen MR) is 84.7 cm³/mol. The molecule has 0 bridgehead atoms. The zero-order valence-corrected chi connectivity index (χ0v) is 13.6. The Hall–Kier alpha value is -2.75. The fourth-order valence-corrected chi connectivity index (χ4v) is 2.92. The van der Waals surface area contributed by atoms with Crippen LogP contribution in [0.3, 0.4) is 0 Å². The van der Waals surface area contributed by atoms with E-state index >= 15 is 0 Å². The van der Waals surface area contributed by atoms with Gasteiger partial charge in [-0.1, -0.05) is 0 Å². The molecule has 0 spiro atoms. The SMILES string of the molecule is CC(=O)Nc1ccc(NS(=O)(=O)c2ccc(OC(F)(F)F)cc2)cc1. The molecule has 0 aromatic heterocycles. The molecule has 0 fully saturated rings. The first kappa shape index (κ1) is 18.6. The summed E-state index contributed by atoms with van der Waals surface area (Å²) in [5.74, 6) is -0.791. The van der Waals surface area contributed by atoms with Crippen molar-refractivity contribution in [3.05, 3.63) is 48.5 Å². The number of carbonyl (C=O) groups excluding carboxylic acids is 1. The topological polar surface area (TPSA) is 84.5 Å². The Kier molecular flexibility index (Phi) is 5.21. The highest BCUT2D eigenvalue weighted by molar-refractivity contribution is 7.92. The van der Waals surface area contributed by atoms with Crippen molar-refractivity contribution in [1.82, 2.24) is 0 Å². The van der Waals surface area contributed by atoms with Crippen LogP contribution in [0.2, 0.25) is 0 Å². The molecular weight excluding hydrogens is 361 g/mol. The van der Waals surface area contributed by atoms with E-state index in [9.17, 15) is 26.4 Å². The van der Waals surface area contributed by atoms with Crippen molar-refractivity contribution in [1.29, 1.82) is 0 Å². The minimum atomic E-state index is -4.85. The number of benzene rings is 2. The summed E-state index contributed by atoms with van der Waals surface area (Å²) in [6.07, 6.45) is -4.85. The second kappa shape index (κ2) is 7.01. The van der Waals surface area contributed by atoms with E-state index in [0.29, 0.717) is 5.69 Å². The molecule has 0 unspecified atom stereocenters. The summed E-state index contributed by atoms with van der Waals surface area (Å²) in [4.78, 5) is 10.7. The average molecular weight is 374 g/mol. The van der Waals surface area contributed by atoms with Gasteiger partial charge < -0.3 is 10.1 Å². The van der Waals surface area contributed by atoms with Crippen LogP contribution in [0.5, 0.6) is 5.75 Å². The maximum Gasteiger partial charge on any atom is 0.573 e. The zero-order valence-electron chi connectivity index (χ0n) is 12.8. The molecule has 0 saturated carbocycles. The third-order valence-corrected chi connectivity index (χ3v) is 4.22. The lowest BCUT2D eigenvalue weighted by Gasteiger charge is -2.11. The predicted octanol–water partition coefficient (Wildman–Crippen LogP) is 3.34. The number of carbonyl (C=O) groups is 1. The van der Waals surface area contributed by atoms with E-state index in [-0.39, 0.29) is 16.5 Å². The van der Waals surface area contributed by atoms with E-state index in [2.05, 4.69) is 14.8 Å². The molecule has 25 heavy (non-hydrogen) atoms. The van der Waals surface area contributed by atoms with Gasteiger partial charge in [-0.25, -0.2) is 8.42 Å². The van der Waals surface area contributed by atoms with Crippen LogP contribution in [-0.4, -0.2) is 20.7 Å². The van der Waals surface area contributed by atoms with Crippen molar-refractivity contribution < 1.29 is 31.1 Å². The third kappa shape index (κ3) is 5.68. The highest BCUT2D eigenvalue weighted by atomic mass is 32.2. The van der Waals surface area contributed by atoms with Crippen LogP contribution < -0.4 is 14.8 Å². The van der Waals surface area contributed by atoms with Gasteiger partial charge in [0, 0.05) is 18.3 Å². The van der Waals surface area contributed by atoms with E-state index < -0.39 is 22.1 Å². The van der Waals surface area contributed by atoms with E-state index in [1.807, 2.05) is 0 Å². The number of hydrogen-bond donors (Lipinski definition) is 2. The van der Waals surface area contributed by atoms with E-state index in [0.717, 1.165) is 24.3 Å². The van der Waals surface area contributed by atoms with Gasteiger partial charge in [0.25, 0.3) is 10.0 Å². The Morgan fingerprint density at radius 3 is 1.96 bits per heavy atom. The number of sulfonamides is 1. The van der Waals surface area contributed by atoms with Crippen LogP contribution >= 0.6 is 0 Å². The minimum absolute atomic E-state index is 0.227. The molecule has 0 radical (unpaired) electrons. The number of nitrogens with one attached hydrogen (secondary N) is 2. The average Bonchev–Trinajstić information content (AvgIpc) is 2.47. The number of alkyl halides is 3. The number of rotatable bonds is 5. The van der Waals surface area contributed by atoms with Crippen LogP contribution in [-0.2, 0) is 14.8 Å². The Bertz CT molecular complexity index is 848. The largest absolute Gasteiger partial charge is 0.573 e. The van der Waals surface area contributed by atoms with Crippen LogP contribution in [0.25, 0.3) is 0 Å². The first-order chi connectivity index (χ1) is 11.5. The quantitative estimate of drug-likeness (QED) is 0.841. The summed E-state index contributed by atoms with van der Waals surface area (Å²) in [7, 11) is -3.98. The fourth-order valence-electron chi connectivity index (χ4n) is 1.86. The summed E-state index contributed by atoms with van der Waals surface area (Å²) < 4.78 is 66.7. The smallest absolute Gasteiger partial charge is 0.406 e. The molecule has 134 valence electrons. The summed E-state index contributed by atoms with van der Waals surface area (Å²) in [5, 5.41) is 2.53. The van der Waals surface area contributed by atoms with Crippen molar-refractivity contribution >= 4 is 27.3 Å². The Labute approximate surface area is 141 Å². The van der Waals surface area contributed by atoms with Crippen LogP contribution in [0.15, 0.2) is 53.4 Å². The molecule has 2 N–H and O–H groups in total. The number of ether oxygens (including phenoxy) is 1. The number of hydrogen-bond acceptors (Lipinski definition) is 4. The first-order valence-corrected chi connectivity index (χ1v) is 8.30. The van der Waals surface area contributed by atoms with Gasteiger partial charge in [0.15, 0.2) is 0 Å². The Balaban J connectivity index is 2.12. The fraction of sp³-hybridized carbons (Fsp3) is 0.133. The monoisotopic (exact) mass is 374 g/mol. The van der Waals surface area contributed by atoms with Crippen LogP contribution in [0, 0.1) is 0 Å². The maximum absolute atomic E-state index is 12.2. The van der Waals surface area contributed by atoms with Gasteiger partial charge in [0.05, 0.1) is 4.90 Å². The molecule has 0 saturated heterocycles. The third-order valence-electron chi connectivity index (χ3n) is 2.83. The molecule has 2 aromatic carbocycles. The lowest BCUT2D eigenvalue weighted by molar-refractivity contribution is -0.274. The highest BCUT2D eigenvalue weighted by Crippen LogP contribution is 2.25. The standard InChI is InChI=1S/C15H13F3N2O4S/c1-10(21)19-11-2-4-12(5-3-11)20-25(22,23)14-8-6-13(7-9-14)24-15(16,17)18/h2-9,20H,1H3,(H,19,21). The van der Waals surface area contributed by atoms with E-state index in [1.54, 1.807) is 0 Å². The number of amides is 1.